The van der Waals surface area contributed by atoms with Gasteiger partial charge in [-0.25, -0.2) is 4.68 Å². The van der Waals surface area contributed by atoms with Crippen molar-refractivity contribution in [3.05, 3.63) is 36.7 Å². The quantitative estimate of drug-likeness (QED) is 0.729. The van der Waals surface area contributed by atoms with Crippen LogP contribution in [-0.4, -0.2) is 26.2 Å². The lowest BCUT2D eigenvalue weighted by Gasteiger charge is -2.23. The molecule has 120 valence electrons. The monoisotopic (exact) mass is 310 g/mol. The zero-order chi connectivity index (χ0) is 15.8. The van der Waals surface area contributed by atoms with Crippen molar-refractivity contribution in [3.8, 4) is 11.3 Å². The number of fused-ring (bicyclic) bond motifs is 1. The molecule has 1 saturated heterocycles. The maximum atomic E-state index is 5.91. The van der Waals surface area contributed by atoms with Gasteiger partial charge in [-0.3, -0.25) is 4.68 Å². The minimum atomic E-state index is 0.0616. The second-order valence-electron chi connectivity index (χ2n) is 6.40. The highest BCUT2D eigenvalue weighted by Crippen LogP contribution is 2.32. The maximum Gasteiger partial charge on any atom is 0.150 e. The molecule has 2 aromatic heterocycles. The third kappa shape index (κ3) is 2.45. The first-order valence-corrected chi connectivity index (χ1v) is 8.37. The van der Waals surface area contributed by atoms with E-state index in [2.05, 4.69) is 53.0 Å². The zero-order valence-corrected chi connectivity index (χ0v) is 13.6. The normalized spacial score (nSPS) is 18.8. The van der Waals surface area contributed by atoms with Crippen molar-refractivity contribution in [2.45, 2.75) is 45.4 Å². The molecule has 5 heteroatoms. The van der Waals surface area contributed by atoms with E-state index < -0.39 is 0 Å². The zero-order valence-electron chi connectivity index (χ0n) is 13.6. The molecule has 4 rings (SSSR count). The van der Waals surface area contributed by atoms with Crippen molar-refractivity contribution in [1.29, 1.82) is 0 Å². The summed E-state index contributed by atoms with van der Waals surface area (Å²) in [4.78, 5) is 0. The smallest absolute Gasteiger partial charge is 0.150 e. The average Bonchev–Trinajstić information content (AvgIpc) is 3.22. The van der Waals surface area contributed by atoms with E-state index in [0.717, 1.165) is 36.0 Å². The Morgan fingerprint density at radius 3 is 2.87 bits per heavy atom. The van der Waals surface area contributed by atoms with Gasteiger partial charge in [-0.15, -0.1) is 0 Å². The third-order valence-electron chi connectivity index (χ3n) is 4.50. The Bertz CT molecular complexity index is 811. The van der Waals surface area contributed by atoms with Crippen molar-refractivity contribution >= 4 is 10.9 Å². The number of nitrogens with zero attached hydrogens (tertiary/aromatic N) is 4. The molecule has 3 heterocycles. The predicted octanol–water partition coefficient (Wildman–Crippen LogP) is 4.18. The Labute approximate surface area is 135 Å². The first kappa shape index (κ1) is 14.5. The van der Waals surface area contributed by atoms with Crippen molar-refractivity contribution in [2.24, 2.45) is 0 Å². The molecule has 0 amide bonds. The van der Waals surface area contributed by atoms with Crippen LogP contribution in [0.4, 0.5) is 0 Å². The van der Waals surface area contributed by atoms with E-state index in [4.69, 9.17) is 4.74 Å². The van der Waals surface area contributed by atoms with Gasteiger partial charge >= 0.3 is 0 Å². The predicted molar refractivity (Wildman–Crippen MR) is 90.2 cm³/mol. The van der Waals surface area contributed by atoms with E-state index in [1.807, 2.05) is 17.1 Å². The van der Waals surface area contributed by atoms with Crippen LogP contribution in [0.3, 0.4) is 0 Å². The molecule has 1 unspecified atom stereocenters. The Hall–Kier alpha value is -2.14. The van der Waals surface area contributed by atoms with Gasteiger partial charge in [0.2, 0.25) is 0 Å². The van der Waals surface area contributed by atoms with E-state index in [1.165, 1.54) is 12.0 Å². The summed E-state index contributed by atoms with van der Waals surface area (Å²) in [6, 6.07) is 8.76. The summed E-state index contributed by atoms with van der Waals surface area (Å²) in [5.74, 6) is 0. The number of aromatic nitrogens is 4. The molecule has 0 N–H and O–H groups in total. The van der Waals surface area contributed by atoms with Crippen LogP contribution in [0.15, 0.2) is 36.7 Å². The molecule has 23 heavy (non-hydrogen) atoms. The van der Waals surface area contributed by atoms with Crippen LogP contribution in [0.25, 0.3) is 22.2 Å². The highest BCUT2D eigenvalue weighted by atomic mass is 16.5. The van der Waals surface area contributed by atoms with E-state index in [1.54, 1.807) is 0 Å². The number of hydrogen-bond acceptors (Lipinski definition) is 3. The third-order valence-corrected chi connectivity index (χ3v) is 4.50. The molecule has 1 aliphatic rings. The Balaban J connectivity index is 1.83. The van der Waals surface area contributed by atoms with E-state index in [9.17, 15) is 0 Å². The van der Waals surface area contributed by atoms with Crippen molar-refractivity contribution in [2.75, 3.05) is 6.61 Å². The molecule has 1 atom stereocenters. The van der Waals surface area contributed by atoms with Gasteiger partial charge in [-0.2, -0.15) is 10.2 Å². The molecular weight excluding hydrogens is 288 g/mol. The van der Waals surface area contributed by atoms with E-state index in [-0.39, 0.29) is 6.23 Å². The Kier molecular flexibility index (Phi) is 3.65. The number of hydrogen-bond donors (Lipinski definition) is 0. The summed E-state index contributed by atoms with van der Waals surface area (Å²) in [5.41, 5.74) is 3.44. The Morgan fingerprint density at radius 2 is 2.09 bits per heavy atom. The molecule has 1 aromatic carbocycles. The van der Waals surface area contributed by atoms with Crippen molar-refractivity contribution in [1.82, 2.24) is 19.6 Å². The molecule has 0 radical (unpaired) electrons. The summed E-state index contributed by atoms with van der Waals surface area (Å²) in [6.07, 6.45) is 7.26. The van der Waals surface area contributed by atoms with Gasteiger partial charge in [0.05, 0.1) is 17.4 Å². The van der Waals surface area contributed by atoms with Crippen LogP contribution in [0, 0.1) is 0 Å². The van der Waals surface area contributed by atoms with E-state index in [0.29, 0.717) is 6.04 Å². The second-order valence-corrected chi connectivity index (χ2v) is 6.40. The first-order valence-electron chi connectivity index (χ1n) is 8.37. The first-order chi connectivity index (χ1) is 11.3. The standard InChI is InChI=1S/C18H22N4O/c1-13(2)21-17(9-10-19-21)14-6-5-7-16-15(14)12-20-22(16)18-8-3-4-11-23-18/h5-7,9-10,12-13,18H,3-4,8,11H2,1-2H3. The fourth-order valence-corrected chi connectivity index (χ4v) is 3.38. The lowest BCUT2D eigenvalue weighted by molar-refractivity contribution is -0.0366. The molecule has 0 bridgehead atoms. The molecule has 0 saturated carbocycles. The lowest BCUT2D eigenvalue weighted by Crippen LogP contribution is -2.18. The molecule has 5 nitrogen and oxygen atoms in total. The largest absolute Gasteiger partial charge is 0.356 e. The van der Waals surface area contributed by atoms with Gasteiger partial charge in [0.1, 0.15) is 0 Å². The number of benzene rings is 1. The van der Waals surface area contributed by atoms with Crippen LogP contribution in [0.5, 0.6) is 0 Å². The average molecular weight is 310 g/mol. The van der Waals surface area contributed by atoms with Crippen molar-refractivity contribution < 1.29 is 4.74 Å². The van der Waals surface area contributed by atoms with Crippen LogP contribution >= 0.6 is 0 Å². The summed E-state index contributed by atoms with van der Waals surface area (Å²) < 4.78 is 10.0. The topological polar surface area (TPSA) is 44.9 Å². The highest BCUT2D eigenvalue weighted by Gasteiger charge is 2.20. The fraction of sp³-hybridized carbons (Fsp3) is 0.444. The Morgan fingerprint density at radius 1 is 1.17 bits per heavy atom. The van der Waals surface area contributed by atoms with Gasteiger partial charge in [-0.1, -0.05) is 12.1 Å². The summed E-state index contributed by atoms with van der Waals surface area (Å²) in [5, 5.41) is 10.2. The van der Waals surface area contributed by atoms with Crippen LogP contribution in [-0.2, 0) is 4.74 Å². The molecule has 0 spiro atoms. The van der Waals surface area contributed by atoms with Gasteiger partial charge in [0, 0.05) is 29.8 Å². The van der Waals surface area contributed by atoms with Gasteiger partial charge in [0.25, 0.3) is 0 Å². The summed E-state index contributed by atoms with van der Waals surface area (Å²) >= 11 is 0. The van der Waals surface area contributed by atoms with Crippen LogP contribution < -0.4 is 0 Å². The summed E-state index contributed by atoms with van der Waals surface area (Å²) in [6.45, 7) is 5.12. The molecule has 0 aliphatic carbocycles. The highest BCUT2D eigenvalue weighted by molar-refractivity contribution is 5.93. The maximum absolute atomic E-state index is 5.91. The summed E-state index contributed by atoms with van der Waals surface area (Å²) in [7, 11) is 0. The van der Waals surface area contributed by atoms with Gasteiger partial charge < -0.3 is 4.74 Å². The number of ether oxygens (including phenoxy) is 1. The van der Waals surface area contributed by atoms with E-state index >= 15 is 0 Å². The number of rotatable bonds is 3. The van der Waals surface area contributed by atoms with Gasteiger partial charge in [0.15, 0.2) is 6.23 Å². The minimum absolute atomic E-state index is 0.0616. The SMILES string of the molecule is CC(C)n1nccc1-c1cccc2c1cnn2C1CCCCO1. The van der Waals surface area contributed by atoms with Crippen molar-refractivity contribution in [3.63, 3.8) is 0 Å². The minimum Gasteiger partial charge on any atom is -0.356 e. The van der Waals surface area contributed by atoms with Crippen LogP contribution in [0.2, 0.25) is 0 Å². The second kappa shape index (κ2) is 5.81. The lowest BCUT2D eigenvalue weighted by atomic mass is 10.1. The fourth-order valence-electron chi connectivity index (χ4n) is 3.38. The molecular formula is C18H22N4O. The van der Waals surface area contributed by atoms with Gasteiger partial charge in [-0.05, 0) is 45.2 Å². The molecule has 3 aromatic rings. The molecule has 1 aliphatic heterocycles. The van der Waals surface area contributed by atoms with Crippen LogP contribution in [0.1, 0.15) is 45.4 Å². The molecule has 1 fully saturated rings.